The first-order valence-electron chi connectivity index (χ1n) is 5.91. The van der Waals surface area contributed by atoms with Crippen LogP contribution < -0.4 is 10.6 Å². The van der Waals surface area contributed by atoms with Gasteiger partial charge in [-0.2, -0.15) is 0 Å². The summed E-state index contributed by atoms with van der Waals surface area (Å²) < 4.78 is 0. The molecule has 1 unspecified atom stereocenters. The lowest BCUT2D eigenvalue weighted by Crippen LogP contribution is -2.32. The summed E-state index contributed by atoms with van der Waals surface area (Å²) in [6, 6.07) is 5.82. The molecule has 18 heavy (non-hydrogen) atoms. The van der Waals surface area contributed by atoms with E-state index in [1.165, 1.54) is 12.1 Å². The molecule has 1 rings (SSSR count). The Morgan fingerprint density at radius 1 is 1.39 bits per heavy atom. The summed E-state index contributed by atoms with van der Waals surface area (Å²) in [7, 11) is 0. The summed E-state index contributed by atoms with van der Waals surface area (Å²) in [6.07, 6.45) is 0.995. The van der Waals surface area contributed by atoms with Crippen molar-refractivity contribution in [1.29, 1.82) is 0 Å². The van der Waals surface area contributed by atoms with E-state index in [-0.39, 0.29) is 11.6 Å². The van der Waals surface area contributed by atoms with E-state index in [1.807, 2.05) is 6.92 Å². The number of aromatic carboxylic acids is 1. The molecule has 1 atom stereocenters. The molecule has 5 heteroatoms. The minimum atomic E-state index is -1.02. The van der Waals surface area contributed by atoms with E-state index in [4.69, 9.17) is 5.11 Å². The number of benzene rings is 1. The lowest BCUT2D eigenvalue weighted by molar-refractivity contribution is 0.0697. The summed E-state index contributed by atoms with van der Waals surface area (Å²) in [4.78, 5) is 22.3. The molecule has 1 aromatic rings. The second kappa shape index (κ2) is 6.64. The number of amides is 2. The molecule has 1 aromatic carbocycles. The molecule has 3 N–H and O–H groups in total. The van der Waals surface area contributed by atoms with Crippen molar-refractivity contribution in [3.05, 3.63) is 29.8 Å². The fourth-order valence-electron chi connectivity index (χ4n) is 1.32. The maximum Gasteiger partial charge on any atom is 0.335 e. The average Bonchev–Trinajstić information content (AvgIpc) is 2.36. The molecule has 98 valence electrons. The molecular weight excluding hydrogens is 232 g/mol. The number of carboxylic acids is 1. The molecule has 0 saturated carbocycles. The zero-order valence-electron chi connectivity index (χ0n) is 10.6. The normalized spacial score (nSPS) is 11.7. The lowest BCUT2D eigenvalue weighted by Gasteiger charge is -2.11. The summed E-state index contributed by atoms with van der Waals surface area (Å²) in [6.45, 7) is 4.70. The number of anilines is 1. The van der Waals surface area contributed by atoms with Crippen molar-refractivity contribution in [1.82, 2.24) is 5.32 Å². The van der Waals surface area contributed by atoms with Gasteiger partial charge in [0.1, 0.15) is 0 Å². The van der Waals surface area contributed by atoms with Gasteiger partial charge in [0, 0.05) is 12.2 Å². The van der Waals surface area contributed by atoms with Crippen LogP contribution in [0.3, 0.4) is 0 Å². The Morgan fingerprint density at radius 2 is 2.11 bits per heavy atom. The van der Waals surface area contributed by atoms with Crippen LogP contribution in [-0.2, 0) is 0 Å². The van der Waals surface area contributed by atoms with Crippen LogP contribution >= 0.6 is 0 Å². The number of carbonyl (C=O) groups is 2. The van der Waals surface area contributed by atoms with Gasteiger partial charge >= 0.3 is 12.0 Å². The Bertz CT molecular complexity index is 432. The Morgan fingerprint density at radius 3 is 2.72 bits per heavy atom. The fraction of sp³-hybridized carbons (Fsp3) is 0.385. The molecular formula is C13H18N2O3. The van der Waals surface area contributed by atoms with Crippen LogP contribution in [0, 0.1) is 5.92 Å². The molecule has 0 aliphatic rings. The average molecular weight is 250 g/mol. The van der Waals surface area contributed by atoms with Gasteiger partial charge in [-0.3, -0.25) is 0 Å². The van der Waals surface area contributed by atoms with Crippen molar-refractivity contribution in [2.24, 2.45) is 5.92 Å². The largest absolute Gasteiger partial charge is 0.478 e. The van der Waals surface area contributed by atoms with Gasteiger partial charge in [-0.05, 0) is 24.1 Å². The molecule has 0 aliphatic carbocycles. The minimum absolute atomic E-state index is 0.148. The highest BCUT2D eigenvalue weighted by Crippen LogP contribution is 2.10. The van der Waals surface area contributed by atoms with Crippen LogP contribution in [0.5, 0.6) is 0 Å². The van der Waals surface area contributed by atoms with Crippen molar-refractivity contribution in [2.45, 2.75) is 20.3 Å². The van der Waals surface area contributed by atoms with Gasteiger partial charge in [0.15, 0.2) is 0 Å². The quantitative estimate of drug-likeness (QED) is 0.751. The molecule has 0 saturated heterocycles. The van der Waals surface area contributed by atoms with Crippen LogP contribution in [0.2, 0.25) is 0 Å². The van der Waals surface area contributed by atoms with E-state index in [1.54, 1.807) is 12.1 Å². The second-order valence-electron chi connectivity index (χ2n) is 4.23. The lowest BCUT2D eigenvalue weighted by atomic mass is 10.1. The van der Waals surface area contributed by atoms with Crippen molar-refractivity contribution in [3.63, 3.8) is 0 Å². The molecule has 0 bridgehead atoms. The van der Waals surface area contributed by atoms with Gasteiger partial charge in [0.2, 0.25) is 0 Å². The molecule has 0 radical (unpaired) electrons. The zero-order chi connectivity index (χ0) is 13.5. The number of hydrogen-bond donors (Lipinski definition) is 3. The van der Waals surface area contributed by atoms with E-state index < -0.39 is 5.97 Å². The third kappa shape index (κ3) is 4.45. The highest BCUT2D eigenvalue weighted by Gasteiger charge is 2.06. The van der Waals surface area contributed by atoms with Crippen LogP contribution in [0.15, 0.2) is 24.3 Å². The maximum atomic E-state index is 11.5. The molecule has 0 spiro atoms. The van der Waals surface area contributed by atoms with E-state index in [2.05, 4.69) is 17.6 Å². The van der Waals surface area contributed by atoms with Crippen molar-refractivity contribution in [3.8, 4) is 0 Å². The maximum absolute atomic E-state index is 11.5. The third-order valence-electron chi connectivity index (χ3n) is 2.68. The predicted octanol–water partition coefficient (Wildman–Crippen LogP) is 2.55. The molecule has 0 fully saturated rings. The number of urea groups is 1. The number of hydrogen-bond acceptors (Lipinski definition) is 2. The fourth-order valence-corrected chi connectivity index (χ4v) is 1.32. The molecule has 5 nitrogen and oxygen atoms in total. The summed E-state index contributed by atoms with van der Waals surface area (Å²) >= 11 is 0. The summed E-state index contributed by atoms with van der Waals surface area (Å²) in [5.41, 5.74) is 0.617. The van der Waals surface area contributed by atoms with Gasteiger partial charge in [-0.25, -0.2) is 9.59 Å². The van der Waals surface area contributed by atoms with E-state index in [9.17, 15) is 9.59 Å². The zero-order valence-corrected chi connectivity index (χ0v) is 10.6. The Hall–Kier alpha value is -2.04. The molecule has 0 aromatic heterocycles. The first kappa shape index (κ1) is 14.0. The summed E-state index contributed by atoms with van der Waals surface area (Å²) in [5, 5.41) is 14.2. The monoisotopic (exact) mass is 250 g/mol. The van der Waals surface area contributed by atoms with Gasteiger partial charge in [-0.1, -0.05) is 26.3 Å². The van der Waals surface area contributed by atoms with Crippen molar-refractivity contribution >= 4 is 17.7 Å². The van der Waals surface area contributed by atoms with Crippen molar-refractivity contribution in [2.75, 3.05) is 11.9 Å². The Labute approximate surface area is 106 Å². The number of rotatable bonds is 5. The van der Waals surface area contributed by atoms with Gasteiger partial charge in [0.05, 0.1) is 5.56 Å². The van der Waals surface area contributed by atoms with E-state index in [0.717, 1.165) is 6.42 Å². The topological polar surface area (TPSA) is 78.4 Å². The summed E-state index contributed by atoms with van der Waals surface area (Å²) in [5.74, 6) is -0.597. The third-order valence-corrected chi connectivity index (χ3v) is 2.68. The van der Waals surface area contributed by atoms with E-state index in [0.29, 0.717) is 18.2 Å². The SMILES string of the molecule is CCC(C)CNC(=O)Nc1cccc(C(=O)O)c1. The van der Waals surface area contributed by atoms with Gasteiger partial charge in [0.25, 0.3) is 0 Å². The highest BCUT2D eigenvalue weighted by atomic mass is 16.4. The number of nitrogens with one attached hydrogen (secondary N) is 2. The smallest absolute Gasteiger partial charge is 0.335 e. The standard InChI is InChI=1S/C13H18N2O3/c1-3-9(2)8-14-13(18)15-11-6-4-5-10(7-11)12(16)17/h4-7,9H,3,8H2,1-2H3,(H,16,17)(H2,14,15,18). The van der Waals surface area contributed by atoms with E-state index >= 15 is 0 Å². The van der Waals surface area contributed by atoms with Crippen LogP contribution in [0.4, 0.5) is 10.5 Å². The number of carbonyl (C=O) groups excluding carboxylic acids is 1. The predicted molar refractivity (Wildman–Crippen MR) is 69.9 cm³/mol. The Balaban J connectivity index is 2.54. The second-order valence-corrected chi connectivity index (χ2v) is 4.23. The first-order valence-corrected chi connectivity index (χ1v) is 5.91. The minimum Gasteiger partial charge on any atom is -0.478 e. The Kier molecular flexibility index (Phi) is 5.17. The van der Waals surface area contributed by atoms with Gasteiger partial charge in [-0.15, -0.1) is 0 Å². The molecule has 0 aliphatic heterocycles. The number of carboxylic acid groups (broad SMARTS) is 1. The van der Waals surface area contributed by atoms with Crippen molar-refractivity contribution < 1.29 is 14.7 Å². The van der Waals surface area contributed by atoms with Crippen LogP contribution in [0.25, 0.3) is 0 Å². The van der Waals surface area contributed by atoms with Crippen LogP contribution in [0.1, 0.15) is 30.6 Å². The molecule has 2 amide bonds. The van der Waals surface area contributed by atoms with Gasteiger partial charge < -0.3 is 15.7 Å². The van der Waals surface area contributed by atoms with Crippen LogP contribution in [-0.4, -0.2) is 23.7 Å². The highest BCUT2D eigenvalue weighted by molar-refractivity contribution is 5.93. The first-order chi connectivity index (χ1) is 8.52. The molecule has 0 heterocycles.